The molecule has 2 aromatic carbocycles. The van der Waals surface area contributed by atoms with Gasteiger partial charge in [-0.2, -0.15) is 4.98 Å². The maximum atomic E-state index is 10.0. The van der Waals surface area contributed by atoms with Gasteiger partial charge in [-0.25, -0.2) is 0 Å². The molecule has 1 atom stereocenters. The molecule has 0 amide bonds. The molecule has 0 radical (unpaired) electrons. The van der Waals surface area contributed by atoms with Crippen molar-refractivity contribution in [3.05, 3.63) is 82.5 Å². The fourth-order valence-electron chi connectivity index (χ4n) is 3.74. The lowest BCUT2D eigenvalue weighted by molar-refractivity contribution is 0.157. The Hall–Kier alpha value is -2.50. The minimum absolute atomic E-state index is 0.0535. The molecule has 0 fully saturated rings. The van der Waals surface area contributed by atoms with E-state index in [9.17, 15) is 5.11 Å². The van der Waals surface area contributed by atoms with E-state index in [1.165, 1.54) is 22.3 Å². The van der Waals surface area contributed by atoms with E-state index in [1.807, 2.05) is 24.3 Å². The summed E-state index contributed by atoms with van der Waals surface area (Å²) >= 11 is 0. The van der Waals surface area contributed by atoms with Crippen molar-refractivity contribution in [2.75, 3.05) is 6.61 Å². The molecule has 0 bridgehead atoms. The molecule has 0 aliphatic heterocycles. The monoisotopic (exact) mass is 349 g/mol. The highest BCUT2D eigenvalue weighted by Crippen LogP contribution is 2.36. The molecule has 5 nitrogen and oxygen atoms in total. The molecule has 26 heavy (non-hydrogen) atoms. The highest BCUT2D eigenvalue weighted by Gasteiger charge is 2.37. The number of hydrogen-bond donors (Lipinski definition) is 2. The lowest BCUT2D eigenvalue weighted by atomic mass is 9.92. The van der Waals surface area contributed by atoms with Crippen LogP contribution in [0.25, 0.3) is 0 Å². The lowest BCUT2D eigenvalue weighted by Crippen LogP contribution is -2.43. The maximum absolute atomic E-state index is 10.0. The van der Waals surface area contributed by atoms with E-state index in [0.717, 1.165) is 12.8 Å². The molecule has 0 saturated carbocycles. The number of fused-ring (bicyclic) bond motifs is 1. The summed E-state index contributed by atoms with van der Waals surface area (Å²) in [6, 6.07) is 16.5. The standard InChI is InChI=1S/C21H23N3O2/c1-15-6-2-3-8-17(15)12-20-23-19(24-26-20)13-22-21(14-25)11-10-16-7-4-5-9-18(16)21/h2-9,22,25H,10-14H2,1H3. The first-order chi connectivity index (χ1) is 12.7. The van der Waals surface area contributed by atoms with Gasteiger partial charge in [-0.05, 0) is 42.0 Å². The van der Waals surface area contributed by atoms with Crippen molar-refractivity contribution in [2.45, 2.75) is 38.3 Å². The van der Waals surface area contributed by atoms with Crippen molar-refractivity contribution in [1.29, 1.82) is 0 Å². The van der Waals surface area contributed by atoms with Crippen LogP contribution in [0.5, 0.6) is 0 Å². The van der Waals surface area contributed by atoms with Crippen LogP contribution in [-0.2, 0) is 24.9 Å². The van der Waals surface area contributed by atoms with Gasteiger partial charge in [0.25, 0.3) is 0 Å². The fraction of sp³-hybridized carbons (Fsp3) is 0.333. The fourth-order valence-corrected chi connectivity index (χ4v) is 3.74. The molecule has 1 aliphatic rings. The van der Waals surface area contributed by atoms with E-state index < -0.39 is 5.54 Å². The molecule has 1 heterocycles. The number of aliphatic hydroxyl groups excluding tert-OH is 1. The minimum Gasteiger partial charge on any atom is -0.394 e. The van der Waals surface area contributed by atoms with Gasteiger partial charge in [0.05, 0.1) is 25.1 Å². The summed E-state index contributed by atoms with van der Waals surface area (Å²) in [5.41, 5.74) is 4.45. The number of nitrogens with one attached hydrogen (secondary N) is 1. The molecule has 4 rings (SSSR count). The Kier molecular flexibility index (Phi) is 4.57. The second-order valence-electron chi connectivity index (χ2n) is 6.96. The average molecular weight is 349 g/mol. The number of nitrogens with zero attached hydrogens (tertiary/aromatic N) is 2. The van der Waals surface area contributed by atoms with Gasteiger partial charge in [0.15, 0.2) is 5.82 Å². The van der Waals surface area contributed by atoms with E-state index in [-0.39, 0.29) is 6.61 Å². The van der Waals surface area contributed by atoms with Crippen molar-refractivity contribution < 1.29 is 9.63 Å². The second kappa shape index (κ2) is 7.02. The molecular weight excluding hydrogens is 326 g/mol. The van der Waals surface area contributed by atoms with Crippen LogP contribution in [0.15, 0.2) is 53.1 Å². The van der Waals surface area contributed by atoms with E-state index >= 15 is 0 Å². The molecule has 1 aromatic heterocycles. The van der Waals surface area contributed by atoms with Crippen LogP contribution < -0.4 is 5.32 Å². The van der Waals surface area contributed by atoms with Crippen LogP contribution in [0.2, 0.25) is 0 Å². The highest BCUT2D eigenvalue weighted by molar-refractivity contribution is 5.39. The SMILES string of the molecule is Cc1ccccc1Cc1nc(CNC2(CO)CCc3ccccc32)no1. The third kappa shape index (κ3) is 3.16. The zero-order valence-corrected chi connectivity index (χ0v) is 14.9. The first-order valence-electron chi connectivity index (χ1n) is 9.00. The summed E-state index contributed by atoms with van der Waals surface area (Å²) in [4.78, 5) is 4.51. The van der Waals surface area contributed by atoms with Crippen molar-refractivity contribution in [2.24, 2.45) is 0 Å². The van der Waals surface area contributed by atoms with Gasteiger partial charge in [-0.3, -0.25) is 5.32 Å². The molecule has 3 aromatic rings. The number of benzene rings is 2. The molecule has 1 unspecified atom stereocenters. The van der Waals surface area contributed by atoms with Gasteiger partial charge in [0.1, 0.15) is 0 Å². The quantitative estimate of drug-likeness (QED) is 0.716. The topological polar surface area (TPSA) is 71.2 Å². The molecular formula is C21H23N3O2. The molecule has 0 spiro atoms. The van der Waals surface area contributed by atoms with Crippen molar-refractivity contribution >= 4 is 0 Å². The zero-order valence-electron chi connectivity index (χ0n) is 14.9. The number of aliphatic hydroxyl groups is 1. The van der Waals surface area contributed by atoms with Crippen LogP contribution in [0.4, 0.5) is 0 Å². The van der Waals surface area contributed by atoms with Gasteiger partial charge in [-0.1, -0.05) is 53.7 Å². The maximum Gasteiger partial charge on any atom is 0.231 e. The number of hydrogen-bond acceptors (Lipinski definition) is 5. The first-order valence-corrected chi connectivity index (χ1v) is 9.00. The van der Waals surface area contributed by atoms with Gasteiger partial charge >= 0.3 is 0 Å². The first kappa shape index (κ1) is 16.9. The molecule has 0 saturated heterocycles. The second-order valence-corrected chi connectivity index (χ2v) is 6.96. The average Bonchev–Trinajstić information content (AvgIpc) is 3.27. The van der Waals surface area contributed by atoms with Crippen LogP contribution in [0.1, 0.15) is 40.4 Å². The Labute approximate surface area is 153 Å². The zero-order chi connectivity index (χ0) is 18.0. The van der Waals surface area contributed by atoms with Crippen molar-refractivity contribution in [3.63, 3.8) is 0 Å². The Morgan fingerprint density at radius 2 is 1.96 bits per heavy atom. The van der Waals surface area contributed by atoms with E-state index in [1.54, 1.807) is 0 Å². The smallest absolute Gasteiger partial charge is 0.231 e. The Morgan fingerprint density at radius 3 is 2.81 bits per heavy atom. The molecule has 1 aliphatic carbocycles. The summed E-state index contributed by atoms with van der Waals surface area (Å²) in [5.74, 6) is 1.23. The highest BCUT2D eigenvalue weighted by atomic mass is 16.5. The molecule has 2 N–H and O–H groups in total. The molecule has 134 valence electrons. The predicted molar refractivity (Wildman–Crippen MR) is 98.6 cm³/mol. The van der Waals surface area contributed by atoms with Crippen molar-refractivity contribution in [1.82, 2.24) is 15.5 Å². The summed E-state index contributed by atoms with van der Waals surface area (Å²) in [7, 11) is 0. The van der Waals surface area contributed by atoms with Crippen LogP contribution in [-0.4, -0.2) is 21.9 Å². The van der Waals surface area contributed by atoms with Gasteiger partial charge in [-0.15, -0.1) is 0 Å². The summed E-state index contributed by atoms with van der Waals surface area (Å²) in [5, 5.41) is 17.6. The van der Waals surface area contributed by atoms with Gasteiger partial charge in [0.2, 0.25) is 5.89 Å². The van der Waals surface area contributed by atoms with E-state index in [2.05, 4.69) is 46.6 Å². The largest absolute Gasteiger partial charge is 0.394 e. The van der Waals surface area contributed by atoms with Crippen LogP contribution in [0.3, 0.4) is 0 Å². The van der Waals surface area contributed by atoms with Crippen LogP contribution in [0, 0.1) is 6.92 Å². The third-order valence-corrected chi connectivity index (χ3v) is 5.32. The Balaban J connectivity index is 1.46. The van der Waals surface area contributed by atoms with Gasteiger partial charge < -0.3 is 9.63 Å². The van der Waals surface area contributed by atoms with Crippen LogP contribution >= 0.6 is 0 Å². The number of rotatable bonds is 6. The lowest BCUT2D eigenvalue weighted by Gasteiger charge is -2.29. The van der Waals surface area contributed by atoms with Crippen molar-refractivity contribution in [3.8, 4) is 0 Å². The predicted octanol–water partition coefficient (Wildman–Crippen LogP) is 2.89. The summed E-state index contributed by atoms with van der Waals surface area (Å²) in [6.07, 6.45) is 2.47. The normalized spacial score (nSPS) is 18.8. The van der Waals surface area contributed by atoms with Gasteiger partial charge in [0, 0.05) is 0 Å². The summed E-state index contributed by atoms with van der Waals surface area (Å²) in [6.45, 7) is 2.60. The minimum atomic E-state index is -0.423. The number of aromatic nitrogens is 2. The third-order valence-electron chi connectivity index (χ3n) is 5.32. The molecule has 5 heteroatoms. The Morgan fingerprint density at radius 1 is 1.15 bits per heavy atom. The van der Waals surface area contributed by atoms with E-state index in [0.29, 0.717) is 24.7 Å². The number of aryl methyl sites for hydroxylation is 2. The van der Waals surface area contributed by atoms with E-state index in [4.69, 9.17) is 4.52 Å². The Bertz CT molecular complexity index is 906. The summed E-state index contributed by atoms with van der Waals surface area (Å²) < 4.78 is 5.41.